The number of carboxylic acid groups (broad SMARTS) is 1. The van der Waals surface area contributed by atoms with Crippen LogP contribution in [0.25, 0.3) is 10.9 Å². The van der Waals surface area contributed by atoms with E-state index >= 15 is 0 Å². The maximum absolute atomic E-state index is 13.0. The molecule has 6 rings (SSSR count). The van der Waals surface area contributed by atoms with E-state index in [9.17, 15) is 24.6 Å². The van der Waals surface area contributed by atoms with Crippen LogP contribution in [0.1, 0.15) is 33.5 Å². The van der Waals surface area contributed by atoms with Gasteiger partial charge in [0.05, 0.1) is 22.5 Å². The Hall–Kier alpha value is -5.70. The average Bonchev–Trinajstić information content (AvgIpc) is 3.56. The Labute approximate surface area is 240 Å². The highest BCUT2D eigenvalue weighted by Crippen LogP contribution is 2.35. The van der Waals surface area contributed by atoms with Gasteiger partial charge in [-0.05, 0) is 54.4 Å². The number of carboxylic acids is 1. The van der Waals surface area contributed by atoms with Crippen LogP contribution in [0.15, 0.2) is 102 Å². The molecule has 42 heavy (non-hydrogen) atoms. The molecule has 0 saturated heterocycles. The van der Waals surface area contributed by atoms with E-state index in [-0.39, 0.29) is 29.7 Å². The first-order valence-corrected chi connectivity index (χ1v) is 13.4. The van der Waals surface area contributed by atoms with Gasteiger partial charge in [-0.15, -0.1) is 0 Å². The van der Waals surface area contributed by atoms with Gasteiger partial charge in [0, 0.05) is 34.4 Å². The van der Waals surface area contributed by atoms with Gasteiger partial charge in [-0.25, -0.2) is 9.79 Å². The summed E-state index contributed by atoms with van der Waals surface area (Å²) < 4.78 is 0. The summed E-state index contributed by atoms with van der Waals surface area (Å²) >= 11 is 0. The molecule has 0 radical (unpaired) electrons. The molecule has 4 N–H and O–H groups in total. The Bertz CT molecular complexity index is 1860. The maximum Gasteiger partial charge on any atom is 0.335 e. The number of amides is 2. The predicted octanol–water partition coefficient (Wildman–Crippen LogP) is 5.66. The van der Waals surface area contributed by atoms with Crippen molar-refractivity contribution in [1.29, 1.82) is 0 Å². The van der Waals surface area contributed by atoms with Gasteiger partial charge in [0.25, 0.3) is 0 Å². The summed E-state index contributed by atoms with van der Waals surface area (Å²) in [6.45, 7) is 0.459. The molecule has 0 bridgehead atoms. The molecule has 0 aliphatic carbocycles. The number of nitrogens with one attached hydrogen (secondary N) is 2. The van der Waals surface area contributed by atoms with E-state index in [1.54, 1.807) is 29.2 Å². The van der Waals surface area contributed by atoms with E-state index in [4.69, 9.17) is 4.99 Å². The first-order valence-electron chi connectivity index (χ1n) is 13.4. The lowest BCUT2D eigenvalue weighted by Gasteiger charge is -2.17. The van der Waals surface area contributed by atoms with Crippen LogP contribution < -0.4 is 10.2 Å². The van der Waals surface area contributed by atoms with Crippen LogP contribution in [0, 0.1) is 0 Å². The number of aromatic nitrogens is 1. The van der Waals surface area contributed by atoms with Gasteiger partial charge in [-0.2, -0.15) is 0 Å². The van der Waals surface area contributed by atoms with E-state index in [1.807, 2.05) is 60.7 Å². The highest BCUT2D eigenvalue weighted by Gasteiger charge is 2.27. The standard InChI is InChI=1S/C33H26N4O5/c38-28(34-23-9-5-2-6-10-23)19-29(39)37-16-15-21-17-24(12-14-27(21)37)35-31(20-7-3-1-4-8-20)30-25-13-11-22(33(41)42)18-26(25)36-32(30)40/h1-14,17-18,36,40H,15-16,19H2,(H,34,38)(H,41,42). The zero-order valence-corrected chi connectivity index (χ0v) is 22.4. The second-order valence-corrected chi connectivity index (χ2v) is 9.94. The number of aliphatic imine (C=N–C) groups is 1. The number of carbonyl (C=O) groups excluding carboxylic acids is 2. The highest BCUT2D eigenvalue weighted by molar-refractivity contribution is 6.22. The SMILES string of the molecule is O=C(CC(=O)N1CCc2cc(N=C(c3ccccc3)c3c(O)[nH]c4cc(C(=O)O)ccc34)ccc21)Nc1ccccc1. The zero-order chi connectivity index (χ0) is 29.2. The number of aromatic carboxylic acids is 1. The lowest BCUT2D eigenvalue weighted by molar-refractivity contribution is -0.125. The molecule has 5 aromatic rings. The molecule has 2 amide bonds. The Kier molecular flexibility index (Phi) is 6.98. The number of benzene rings is 4. The number of aromatic amines is 1. The molecule has 2 heterocycles. The molecule has 4 aromatic carbocycles. The van der Waals surface area contributed by atoms with Gasteiger partial charge in [0.1, 0.15) is 6.42 Å². The summed E-state index contributed by atoms with van der Waals surface area (Å²) in [5.41, 5.74) is 5.23. The number of rotatable bonds is 7. The van der Waals surface area contributed by atoms with Crippen molar-refractivity contribution >= 4 is 51.5 Å². The normalized spacial score (nSPS) is 12.8. The Morgan fingerprint density at radius 3 is 2.36 bits per heavy atom. The topological polar surface area (TPSA) is 135 Å². The number of fused-ring (bicyclic) bond motifs is 2. The molecule has 1 aliphatic rings. The fourth-order valence-corrected chi connectivity index (χ4v) is 5.22. The van der Waals surface area contributed by atoms with Gasteiger partial charge in [-0.1, -0.05) is 54.6 Å². The first-order chi connectivity index (χ1) is 20.4. The van der Waals surface area contributed by atoms with Crippen LogP contribution in [-0.4, -0.2) is 45.2 Å². The van der Waals surface area contributed by atoms with Crippen LogP contribution >= 0.6 is 0 Å². The fraction of sp³-hybridized carbons (Fsp3) is 0.0909. The summed E-state index contributed by atoms with van der Waals surface area (Å²) in [4.78, 5) is 46.4. The number of hydrogen-bond acceptors (Lipinski definition) is 5. The van der Waals surface area contributed by atoms with Gasteiger partial charge in [0.2, 0.25) is 11.8 Å². The number of H-pyrrole nitrogens is 1. The van der Waals surface area contributed by atoms with E-state index in [0.717, 1.165) is 16.8 Å². The molecular formula is C33H26N4O5. The molecule has 0 unspecified atom stereocenters. The lowest BCUT2D eigenvalue weighted by Crippen LogP contribution is -2.32. The molecule has 0 spiro atoms. The molecule has 208 valence electrons. The number of aromatic hydroxyl groups is 1. The highest BCUT2D eigenvalue weighted by atomic mass is 16.4. The smallest absolute Gasteiger partial charge is 0.335 e. The van der Waals surface area contributed by atoms with Crippen molar-refractivity contribution in [3.63, 3.8) is 0 Å². The molecule has 0 atom stereocenters. The molecule has 9 heteroatoms. The summed E-state index contributed by atoms with van der Waals surface area (Å²) in [7, 11) is 0. The van der Waals surface area contributed by atoms with Crippen LogP contribution in [0.4, 0.5) is 17.1 Å². The second-order valence-electron chi connectivity index (χ2n) is 9.94. The number of para-hydroxylation sites is 1. The summed E-state index contributed by atoms with van der Waals surface area (Å²) in [6.07, 6.45) is 0.345. The molecular weight excluding hydrogens is 532 g/mol. The Morgan fingerprint density at radius 1 is 0.881 bits per heavy atom. The quantitative estimate of drug-likeness (QED) is 0.151. The third-order valence-electron chi connectivity index (χ3n) is 7.18. The summed E-state index contributed by atoms with van der Waals surface area (Å²) in [5.74, 6) is -1.84. The van der Waals surface area contributed by atoms with Crippen molar-refractivity contribution < 1.29 is 24.6 Å². The minimum absolute atomic E-state index is 0.101. The third kappa shape index (κ3) is 5.23. The largest absolute Gasteiger partial charge is 0.494 e. The average molecular weight is 559 g/mol. The number of anilines is 2. The van der Waals surface area contributed by atoms with Gasteiger partial charge in [0.15, 0.2) is 5.88 Å². The predicted molar refractivity (Wildman–Crippen MR) is 161 cm³/mol. The van der Waals surface area contributed by atoms with Crippen molar-refractivity contribution in [2.45, 2.75) is 12.8 Å². The van der Waals surface area contributed by atoms with Gasteiger partial charge in [-0.3, -0.25) is 9.59 Å². The van der Waals surface area contributed by atoms with Crippen LogP contribution in [0.3, 0.4) is 0 Å². The minimum Gasteiger partial charge on any atom is -0.494 e. The molecule has 9 nitrogen and oxygen atoms in total. The molecule has 1 aliphatic heterocycles. The van der Waals surface area contributed by atoms with E-state index in [1.165, 1.54) is 12.1 Å². The van der Waals surface area contributed by atoms with Crippen molar-refractivity contribution in [3.05, 3.63) is 119 Å². The third-order valence-corrected chi connectivity index (χ3v) is 7.18. The first kappa shape index (κ1) is 26.5. The Balaban J connectivity index is 1.31. The second kappa shape index (κ2) is 11.1. The monoisotopic (exact) mass is 558 g/mol. The minimum atomic E-state index is -1.06. The maximum atomic E-state index is 13.0. The number of nitrogens with zero attached hydrogens (tertiary/aromatic N) is 2. The fourth-order valence-electron chi connectivity index (χ4n) is 5.22. The molecule has 1 aromatic heterocycles. The van der Waals surface area contributed by atoms with Gasteiger partial charge >= 0.3 is 5.97 Å². The Morgan fingerprint density at radius 2 is 1.62 bits per heavy atom. The lowest BCUT2D eigenvalue weighted by atomic mass is 10.00. The summed E-state index contributed by atoms with van der Waals surface area (Å²) in [5, 5.41) is 23.7. The van der Waals surface area contributed by atoms with Crippen molar-refractivity contribution in [2.75, 3.05) is 16.8 Å². The van der Waals surface area contributed by atoms with Gasteiger partial charge < -0.3 is 25.4 Å². The van der Waals surface area contributed by atoms with Crippen molar-refractivity contribution in [2.24, 2.45) is 4.99 Å². The van der Waals surface area contributed by atoms with E-state index < -0.39 is 5.97 Å². The zero-order valence-electron chi connectivity index (χ0n) is 22.4. The van der Waals surface area contributed by atoms with E-state index in [0.29, 0.717) is 46.5 Å². The molecule has 0 fully saturated rings. The van der Waals surface area contributed by atoms with Crippen LogP contribution in [-0.2, 0) is 16.0 Å². The van der Waals surface area contributed by atoms with Crippen molar-refractivity contribution in [1.82, 2.24) is 4.98 Å². The number of carbonyl (C=O) groups is 3. The molecule has 0 saturated carbocycles. The summed E-state index contributed by atoms with van der Waals surface area (Å²) in [6, 6.07) is 28.6. The van der Waals surface area contributed by atoms with Crippen LogP contribution in [0.2, 0.25) is 0 Å². The van der Waals surface area contributed by atoms with Crippen LogP contribution in [0.5, 0.6) is 5.88 Å². The van der Waals surface area contributed by atoms with E-state index in [2.05, 4.69) is 10.3 Å². The number of hydrogen-bond donors (Lipinski definition) is 4. The van der Waals surface area contributed by atoms with Crippen molar-refractivity contribution in [3.8, 4) is 5.88 Å².